The molecule has 3 rings (SSSR count). The molecule has 0 fully saturated rings. The normalized spacial score (nSPS) is 10.7. The van der Waals surface area contributed by atoms with Crippen LogP contribution in [-0.2, 0) is 24.9 Å². The topological polar surface area (TPSA) is 77.2 Å². The Morgan fingerprint density at radius 2 is 1.73 bits per heavy atom. The minimum atomic E-state index is -0.251. The molecule has 8 nitrogen and oxygen atoms in total. The third-order valence-corrected chi connectivity index (χ3v) is 5.39. The second kappa shape index (κ2) is 11.3. The van der Waals surface area contributed by atoms with Gasteiger partial charge in [0.15, 0.2) is 0 Å². The van der Waals surface area contributed by atoms with Crippen LogP contribution < -0.4 is 9.47 Å². The van der Waals surface area contributed by atoms with Gasteiger partial charge >= 0.3 is 0 Å². The van der Waals surface area contributed by atoms with Gasteiger partial charge in [-0.1, -0.05) is 6.92 Å². The molecule has 176 valence electrons. The molecule has 0 saturated heterocycles. The Balaban J connectivity index is 1.82. The molecule has 0 aliphatic rings. The Morgan fingerprint density at radius 3 is 2.27 bits per heavy atom. The van der Waals surface area contributed by atoms with E-state index in [1.54, 1.807) is 40.3 Å². The van der Waals surface area contributed by atoms with E-state index in [0.29, 0.717) is 42.5 Å². The molecule has 2 amide bonds. The van der Waals surface area contributed by atoms with E-state index in [9.17, 15) is 9.59 Å². The zero-order valence-corrected chi connectivity index (χ0v) is 19.6. The maximum atomic E-state index is 13.4. The summed E-state index contributed by atoms with van der Waals surface area (Å²) in [7, 11) is 5.01. The number of nitrogens with zero attached hydrogens (tertiary/aromatic N) is 3. The molecule has 2 heterocycles. The van der Waals surface area contributed by atoms with Crippen LogP contribution in [0.1, 0.15) is 35.2 Å². The average molecular weight is 454 g/mol. The second-order valence-corrected chi connectivity index (χ2v) is 7.77. The van der Waals surface area contributed by atoms with Crippen LogP contribution in [0.4, 0.5) is 0 Å². The summed E-state index contributed by atoms with van der Waals surface area (Å²) in [5.74, 6) is 1.30. The van der Waals surface area contributed by atoms with Crippen molar-refractivity contribution in [2.75, 3.05) is 27.3 Å². The average Bonchev–Trinajstić information content (AvgIpc) is 3.49. The van der Waals surface area contributed by atoms with Crippen molar-refractivity contribution in [1.29, 1.82) is 0 Å². The van der Waals surface area contributed by atoms with E-state index in [4.69, 9.17) is 13.9 Å². The van der Waals surface area contributed by atoms with E-state index in [2.05, 4.69) is 0 Å². The maximum absolute atomic E-state index is 13.4. The first-order valence-corrected chi connectivity index (χ1v) is 10.9. The van der Waals surface area contributed by atoms with Crippen molar-refractivity contribution in [3.8, 4) is 11.5 Å². The predicted octanol–water partition coefficient (Wildman–Crippen LogP) is 3.72. The number of carbonyl (C=O) groups is 2. The highest BCUT2D eigenvalue weighted by Crippen LogP contribution is 2.24. The Kier molecular flexibility index (Phi) is 8.18. The third kappa shape index (κ3) is 6.19. The summed E-state index contributed by atoms with van der Waals surface area (Å²) in [6.07, 6.45) is 4.24. The SMILES string of the molecule is CCCN(CC(=O)N(Cc1ccco1)Cc1cccn1C)C(=O)c1cc(OC)cc(OC)c1. The third-order valence-electron chi connectivity index (χ3n) is 5.39. The number of ether oxygens (including phenoxy) is 2. The van der Waals surface area contributed by atoms with E-state index in [1.807, 2.05) is 42.9 Å². The van der Waals surface area contributed by atoms with Crippen molar-refractivity contribution in [1.82, 2.24) is 14.4 Å². The summed E-state index contributed by atoms with van der Waals surface area (Å²) in [6.45, 7) is 3.10. The lowest BCUT2D eigenvalue weighted by molar-refractivity contribution is -0.133. The minimum absolute atomic E-state index is 0.0443. The molecule has 0 aliphatic carbocycles. The van der Waals surface area contributed by atoms with Crippen molar-refractivity contribution in [2.45, 2.75) is 26.4 Å². The molecule has 0 aliphatic heterocycles. The first kappa shape index (κ1) is 24.0. The molecule has 0 unspecified atom stereocenters. The molecule has 33 heavy (non-hydrogen) atoms. The van der Waals surface area contributed by atoms with Crippen LogP contribution in [0.2, 0.25) is 0 Å². The lowest BCUT2D eigenvalue weighted by Gasteiger charge is -2.27. The fourth-order valence-electron chi connectivity index (χ4n) is 3.58. The van der Waals surface area contributed by atoms with Crippen molar-refractivity contribution < 1.29 is 23.5 Å². The number of benzene rings is 1. The minimum Gasteiger partial charge on any atom is -0.497 e. The number of aromatic nitrogens is 1. The number of hydrogen-bond donors (Lipinski definition) is 0. The molecule has 0 N–H and O–H groups in total. The molecule has 3 aromatic rings. The second-order valence-electron chi connectivity index (χ2n) is 7.77. The van der Waals surface area contributed by atoms with Crippen LogP contribution in [0.25, 0.3) is 0 Å². The summed E-state index contributed by atoms with van der Waals surface area (Å²) in [5, 5.41) is 0. The van der Waals surface area contributed by atoms with E-state index in [0.717, 1.165) is 12.1 Å². The quantitative estimate of drug-likeness (QED) is 0.442. The van der Waals surface area contributed by atoms with Gasteiger partial charge in [0.25, 0.3) is 5.91 Å². The predicted molar refractivity (Wildman–Crippen MR) is 124 cm³/mol. The van der Waals surface area contributed by atoms with Crippen molar-refractivity contribution >= 4 is 11.8 Å². The summed E-state index contributed by atoms with van der Waals surface area (Å²) in [6, 6.07) is 12.6. The first-order chi connectivity index (χ1) is 15.9. The van der Waals surface area contributed by atoms with Gasteiger partial charge in [-0.15, -0.1) is 0 Å². The van der Waals surface area contributed by atoms with E-state index < -0.39 is 0 Å². The number of furan rings is 1. The van der Waals surface area contributed by atoms with Crippen molar-refractivity contribution in [3.05, 3.63) is 71.9 Å². The van der Waals surface area contributed by atoms with Crippen LogP contribution in [0.3, 0.4) is 0 Å². The van der Waals surface area contributed by atoms with E-state index >= 15 is 0 Å². The van der Waals surface area contributed by atoms with E-state index in [-0.39, 0.29) is 18.4 Å². The van der Waals surface area contributed by atoms with Gasteiger partial charge in [0.05, 0.1) is 33.6 Å². The molecule has 2 aromatic heterocycles. The van der Waals surface area contributed by atoms with Crippen LogP contribution >= 0.6 is 0 Å². The Hall–Kier alpha value is -3.68. The van der Waals surface area contributed by atoms with Crippen LogP contribution in [-0.4, -0.2) is 53.5 Å². The maximum Gasteiger partial charge on any atom is 0.254 e. The van der Waals surface area contributed by atoms with Gasteiger partial charge in [0, 0.05) is 37.1 Å². The number of hydrogen-bond acceptors (Lipinski definition) is 5. The molecule has 0 bridgehead atoms. The highest BCUT2D eigenvalue weighted by Gasteiger charge is 2.24. The Bertz CT molecular complexity index is 1040. The van der Waals surface area contributed by atoms with Crippen LogP contribution in [0.15, 0.2) is 59.3 Å². The van der Waals surface area contributed by atoms with Crippen LogP contribution in [0, 0.1) is 0 Å². The largest absolute Gasteiger partial charge is 0.497 e. The van der Waals surface area contributed by atoms with Crippen molar-refractivity contribution in [3.63, 3.8) is 0 Å². The van der Waals surface area contributed by atoms with Crippen LogP contribution in [0.5, 0.6) is 11.5 Å². The summed E-state index contributed by atoms with van der Waals surface area (Å²) in [5.41, 5.74) is 1.40. The zero-order valence-electron chi connectivity index (χ0n) is 19.6. The zero-order chi connectivity index (χ0) is 23.8. The molecule has 0 radical (unpaired) electrons. The molecule has 0 atom stereocenters. The molecular weight excluding hydrogens is 422 g/mol. The molecule has 8 heteroatoms. The van der Waals surface area contributed by atoms with Gasteiger partial charge < -0.3 is 28.3 Å². The summed E-state index contributed by atoms with van der Waals surface area (Å²) >= 11 is 0. The highest BCUT2D eigenvalue weighted by molar-refractivity contribution is 5.97. The molecule has 0 spiro atoms. The standard InChI is InChI=1S/C25H31N3O5/c1-5-10-27(25(30)19-13-22(31-3)15-23(14-19)32-4)18-24(29)28(17-21-9-7-12-33-21)16-20-8-6-11-26(20)2/h6-9,11-15H,5,10,16-18H2,1-4H3. The summed E-state index contributed by atoms with van der Waals surface area (Å²) < 4.78 is 18.0. The Labute approximate surface area is 194 Å². The number of methoxy groups -OCH3 is 2. The summed E-state index contributed by atoms with van der Waals surface area (Å²) in [4.78, 5) is 30.0. The highest BCUT2D eigenvalue weighted by atomic mass is 16.5. The lowest BCUT2D eigenvalue weighted by atomic mass is 10.1. The number of carbonyl (C=O) groups excluding carboxylic acids is 2. The van der Waals surface area contributed by atoms with Crippen molar-refractivity contribution in [2.24, 2.45) is 7.05 Å². The van der Waals surface area contributed by atoms with E-state index in [1.165, 1.54) is 14.2 Å². The number of rotatable bonds is 11. The molecular formula is C25H31N3O5. The molecule has 0 saturated carbocycles. The smallest absolute Gasteiger partial charge is 0.254 e. The fourth-order valence-corrected chi connectivity index (χ4v) is 3.58. The lowest BCUT2D eigenvalue weighted by Crippen LogP contribution is -2.43. The van der Waals surface area contributed by atoms with Gasteiger partial charge in [0.2, 0.25) is 5.91 Å². The first-order valence-electron chi connectivity index (χ1n) is 10.9. The van der Waals surface area contributed by atoms with Gasteiger partial charge in [0.1, 0.15) is 23.8 Å². The number of amides is 2. The Morgan fingerprint density at radius 1 is 1.00 bits per heavy atom. The van der Waals surface area contributed by atoms with Gasteiger partial charge in [-0.3, -0.25) is 9.59 Å². The van der Waals surface area contributed by atoms with Gasteiger partial charge in [-0.05, 0) is 42.8 Å². The monoisotopic (exact) mass is 453 g/mol. The van der Waals surface area contributed by atoms with Gasteiger partial charge in [-0.2, -0.15) is 0 Å². The fraction of sp³-hybridized carbons (Fsp3) is 0.360. The van der Waals surface area contributed by atoms with Gasteiger partial charge in [-0.25, -0.2) is 0 Å². The molecule has 1 aromatic carbocycles. The number of aryl methyl sites for hydroxylation is 1.